The van der Waals surface area contributed by atoms with Crippen molar-refractivity contribution in [3.05, 3.63) is 52.5 Å². The Bertz CT molecular complexity index is 795. The van der Waals surface area contributed by atoms with E-state index in [2.05, 4.69) is 22.8 Å². The summed E-state index contributed by atoms with van der Waals surface area (Å²) in [4.78, 5) is 12.4. The molecule has 138 valence electrons. The molecule has 0 heterocycles. The minimum Gasteiger partial charge on any atom is -0.495 e. The average molecular weight is 375 g/mol. The average Bonchev–Trinajstić information content (AvgIpc) is 2.67. The van der Waals surface area contributed by atoms with E-state index in [9.17, 15) is 4.79 Å². The summed E-state index contributed by atoms with van der Waals surface area (Å²) in [5.74, 6) is 1.02. The molecule has 0 spiro atoms. The van der Waals surface area contributed by atoms with Crippen LogP contribution in [0.4, 0.5) is 5.69 Å². The van der Waals surface area contributed by atoms with Gasteiger partial charge < -0.3 is 20.1 Å². The second kappa shape index (κ2) is 8.32. The zero-order chi connectivity index (χ0) is 18.5. The molecule has 0 aliphatic heterocycles. The van der Waals surface area contributed by atoms with E-state index in [1.54, 1.807) is 26.4 Å². The minimum atomic E-state index is -0.0670. The molecule has 3 rings (SSSR count). The van der Waals surface area contributed by atoms with Crippen LogP contribution in [0.15, 0.2) is 36.4 Å². The second-order valence-electron chi connectivity index (χ2n) is 6.25. The molecule has 26 heavy (non-hydrogen) atoms. The largest absolute Gasteiger partial charge is 0.495 e. The molecule has 2 aromatic carbocycles. The lowest BCUT2D eigenvalue weighted by molar-refractivity contribution is -0.120. The summed E-state index contributed by atoms with van der Waals surface area (Å²) in [6.07, 6.45) is 3.11. The van der Waals surface area contributed by atoms with Crippen LogP contribution in [-0.4, -0.2) is 26.7 Å². The first-order chi connectivity index (χ1) is 12.6. The third-order valence-corrected chi connectivity index (χ3v) is 4.91. The molecule has 1 amide bonds. The van der Waals surface area contributed by atoms with Crippen molar-refractivity contribution >= 4 is 23.2 Å². The van der Waals surface area contributed by atoms with Crippen LogP contribution in [0.1, 0.15) is 30.0 Å². The maximum Gasteiger partial charge on any atom is 0.239 e. The van der Waals surface area contributed by atoms with E-state index in [0.717, 1.165) is 19.3 Å². The lowest BCUT2D eigenvalue weighted by Crippen LogP contribution is -2.35. The summed E-state index contributed by atoms with van der Waals surface area (Å²) < 4.78 is 10.5. The van der Waals surface area contributed by atoms with Gasteiger partial charge in [0.05, 0.1) is 37.5 Å². The molecule has 1 aliphatic rings. The van der Waals surface area contributed by atoms with Crippen molar-refractivity contribution in [2.75, 3.05) is 26.1 Å². The van der Waals surface area contributed by atoms with Crippen molar-refractivity contribution < 1.29 is 14.3 Å². The number of methoxy groups -OCH3 is 2. The molecule has 1 aliphatic carbocycles. The highest BCUT2D eigenvalue weighted by molar-refractivity contribution is 6.32. The number of fused-ring (bicyclic) bond motifs is 1. The molecule has 0 bridgehead atoms. The maximum atomic E-state index is 12.4. The third kappa shape index (κ3) is 4.05. The van der Waals surface area contributed by atoms with Gasteiger partial charge in [0.25, 0.3) is 0 Å². The van der Waals surface area contributed by atoms with Crippen LogP contribution in [0.5, 0.6) is 11.5 Å². The van der Waals surface area contributed by atoms with Gasteiger partial charge in [0.2, 0.25) is 5.91 Å². The molecule has 0 aromatic heterocycles. The van der Waals surface area contributed by atoms with E-state index in [4.69, 9.17) is 21.1 Å². The van der Waals surface area contributed by atoms with Gasteiger partial charge in [-0.2, -0.15) is 0 Å². The number of rotatable bonds is 6. The molecule has 2 N–H and O–H groups in total. The first kappa shape index (κ1) is 18.4. The number of carbonyl (C=O) groups excluding carboxylic acids is 1. The van der Waals surface area contributed by atoms with Gasteiger partial charge in [-0.15, -0.1) is 0 Å². The number of amides is 1. The van der Waals surface area contributed by atoms with Gasteiger partial charge in [-0.25, -0.2) is 0 Å². The summed E-state index contributed by atoms with van der Waals surface area (Å²) in [7, 11) is 3.10. The first-order valence-electron chi connectivity index (χ1n) is 8.65. The summed E-state index contributed by atoms with van der Waals surface area (Å²) in [5, 5.41) is 6.68. The van der Waals surface area contributed by atoms with E-state index < -0.39 is 0 Å². The zero-order valence-electron chi connectivity index (χ0n) is 15.0. The summed E-state index contributed by atoms with van der Waals surface area (Å²) >= 11 is 6.11. The normalized spacial score (nSPS) is 15.7. The zero-order valence-corrected chi connectivity index (χ0v) is 15.7. The Morgan fingerprint density at radius 1 is 1.19 bits per heavy atom. The van der Waals surface area contributed by atoms with Gasteiger partial charge in [0.1, 0.15) is 11.5 Å². The Morgan fingerprint density at radius 2 is 1.96 bits per heavy atom. The lowest BCUT2D eigenvalue weighted by Gasteiger charge is -2.26. The minimum absolute atomic E-state index is 0.0656. The maximum absolute atomic E-state index is 12.4. The number of aryl methyl sites for hydroxylation is 1. The van der Waals surface area contributed by atoms with Gasteiger partial charge in [-0.05, 0) is 30.4 Å². The predicted molar refractivity (Wildman–Crippen MR) is 103 cm³/mol. The fourth-order valence-electron chi connectivity index (χ4n) is 3.32. The van der Waals surface area contributed by atoms with Crippen molar-refractivity contribution in [1.82, 2.24) is 5.32 Å². The molecule has 6 heteroatoms. The fraction of sp³-hybridized carbons (Fsp3) is 0.350. The summed E-state index contributed by atoms with van der Waals surface area (Å²) in [5.41, 5.74) is 3.20. The number of anilines is 1. The smallest absolute Gasteiger partial charge is 0.239 e. The highest BCUT2D eigenvalue weighted by Gasteiger charge is 2.21. The SMILES string of the molecule is COc1cc(NCC(=O)NC2CCCc3ccccc32)c(OC)cc1Cl. The highest BCUT2D eigenvalue weighted by Crippen LogP contribution is 2.35. The molecule has 0 radical (unpaired) electrons. The van der Waals surface area contributed by atoms with Crippen LogP contribution in [0.25, 0.3) is 0 Å². The lowest BCUT2D eigenvalue weighted by atomic mass is 9.88. The quantitative estimate of drug-likeness (QED) is 0.803. The van der Waals surface area contributed by atoms with Crippen molar-refractivity contribution in [2.24, 2.45) is 0 Å². The number of carbonyl (C=O) groups is 1. The number of hydrogen-bond donors (Lipinski definition) is 2. The van der Waals surface area contributed by atoms with Gasteiger partial charge in [-0.3, -0.25) is 4.79 Å². The van der Waals surface area contributed by atoms with E-state index in [1.165, 1.54) is 11.1 Å². The second-order valence-corrected chi connectivity index (χ2v) is 6.66. The van der Waals surface area contributed by atoms with Crippen molar-refractivity contribution in [3.63, 3.8) is 0 Å². The molecule has 0 saturated heterocycles. The monoisotopic (exact) mass is 374 g/mol. The molecule has 1 unspecified atom stereocenters. The molecule has 1 atom stereocenters. The molecular formula is C20H23ClN2O3. The molecule has 2 aromatic rings. The van der Waals surface area contributed by atoms with Crippen molar-refractivity contribution in [1.29, 1.82) is 0 Å². The number of nitrogens with one attached hydrogen (secondary N) is 2. The number of halogens is 1. The van der Waals surface area contributed by atoms with E-state index in [0.29, 0.717) is 22.2 Å². The van der Waals surface area contributed by atoms with E-state index in [1.807, 2.05) is 12.1 Å². The van der Waals surface area contributed by atoms with Crippen LogP contribution in [0, 0.1) is 0 Å². The van der Waals surface area contributed by atoms with Crippen molar-refractivity contribution in [2.45, 2.75) is 25.3 Å². The van der Waals surface area contributed by atoms with Crippen LogP contribution in [-0.2, 0) is 11.2 Å². The van der Waals surface area contributed by atoms with E-state index >= 15 is 0 Å². The van der Waals surface area contributed by atoms with E-state index in [-0.39, 0.29) is 18.5 Å². The van der Waals surface area contributed by atoms with Crippen LogP contribution >= 0.6 is 11.6 Å². The number of benzene rings is 2. The number of ether oxygens (including phenoxy) is 2. The third-order valence-electron chi connectivity index (χ3n) is 4.62. The number of hydrogen-bond acceptors (Lipinski definition) is 4. The van der Waals surface area contributed by atoms with Crippen LogP contribution in [0.3, 0.4) is 0 Å². The first-order valence-corrected chi connectivity index (χ1v) is 9.02. The Morgan fingerprint density at radius 3 is 2.73 bits per heavy atom. The van der Waals surface area contributed by atoms with Crippen LogP contribution in [0.2, 0.25) is 5.02 Å². The Kier molecular flexibility index (Phi) is 5.89. The summed E-state index contributed by atoms with van der Waals surface area (Å²) in [6, 6.07) is 11.8. The Balaban J connectivity index is 1.65. The standard InChI is InChI=1S/C20H23ClN2O3/c1-25-18-11-17(19(26-2)10-15(18)21)22-12-20(24)23-16-9-5-7-13-6-3-4-8-14(13)16/h3-4,6,8,10-11,16,22H,5,7,9,12H2,1-2H3,(H,23,24). The van der Waals surface area contributed by atoms with Gasteiger partial charge in [0, 0.05) is 12.1 Å². The topological polar surface area (TPSA) is 59.6 Å². The predicted octanol–water partition coefficient (Wildman–Crippen LogP) is 3.96. The fourth-order valence-corrected chi connectivity index (χ4v) is 3.55. The molecule has 5 nitrogen and oxygen atoms in total. The van der Waals surface area contributed by atoms with Crippen LogP contribution < -0.4 is 20.1 Å². The van der Waals surface area contributed by atoms with Gasteiger partial charge in [-0.1, -0.05) is 35.9 Å². The van der Waals surface area contributed by atoms with Gasteiger partial charge in [0.15, 0.2) is 0 Å². The Labute approximate surface area is 158 Å². The molecule has 0 saturated carbocycles. The highest BCUT2D eigenvalue weighted by atomic mass is 35.5. The summed E-state index contributed by atoms with van der Waals surface area (Å²) in [6.45, 7) is 0.139. The van der Waals surface area contributed by atoms with Gasteiger partial charge >= 0.3 is 0 Å². The van der Waals surface area contributed by atoms with Crippen molar-refractivity contribution in [3.8, 4) is 11.5 Å². The molecular weight excluding hydrogens is 352 g/mol. The molecule has 0 fully saturated rings. The Hall–Kier alpha value is -2.40.